The van der Waals surface area contributed by atoms with Crippen LogP contribution in [0.2, 0.25) is 5.02 Å². The van der Waals surface area contributed by atoms with Crippen molar-refractivity contribution in [2.24, 2.45) is 0 Å². The van der Waals surface area contributed by atoms with Gasteiger partial charge < -0.3 is 10.4 Å². The standard InChI is InChI=1S/C10H12ClNO2/c1-7(10(13)14)12-6-8-4-2-3-5-9(8)11/h2-5,7,12H,6H2,1H3,(H,13,14)/t7-/m0/s1. The van der Waals surface area contributed by atoms with Crippen LogP contribution in [0.15, 0.2) is 24.3 Å². The molecule has 0 unspecified atom stereocenters. The minimum absolute atomic E-state index is 0.465. The quantitative estimate of drug-likeness (QED) is 0.803. The van der Waals surface area contributed by atoms with Crippen molar-refractivity contribution in [2.75, 3.05) is 0 Å². The van der Waals surface area contributed by atoms with Gasteiger partial charge in [-0.15, -0.1) is 0 Å². The molecule has 1 atom stereocenters. The van der Waals surface area contributed by atoms with Crippen molar-refractivity contribution in [3.63, 3.8) is 0 Å². The molecule has 0 heterocycles. The predicted molar refractivity (Wildman–Crippen MR) is 55.4 cm³/mol. The zero-order valence-corrected chi connectivity index (χ0v) is 8.58. The van der Waals surface area contributed by atoms with Gasteiger partial charge in [0.05, 0.1) is 0 Å². The molecule has 0 amide bonds. The topological polar surface area (TPSA) is 49.3 Å². The van der Waals surface area contributed by atoms with Gasteiger partial charge in [-0.25, -0.2) is 0 Å². The summed E-state index contributed by atoms with van der Waals surface area (Å²) < 4.78 is 0. The molecule has 1 aromatic carbocycles. The lowest BCUT2D eigenvalue weighted by Gasteiger charge is -2.09. The van der Waals surface area contributed by atoms with Gasteiger partial charge in [0.2, 0.25) is 0 Å². The lowest BCUT2D eigenvalue weighted by Crippen LogP contribution is -2.33. The Hall–Kier alpha value is -1.06. The number of nitrogens with one attached hydrogen (secondary N) is 1. The molecule has 0 saturated heterocycles. The molecule has 1 rings (SSSR count). The Bertz CT molecular complexity index is 328. The predicted octanol–water partition coefficient (Wildman–Crippen LogP) is 1.90. The molecule has 0 spiro atoms. The van der Waals surface area contributed by atoms with Crippen molar-refractivity contribution < 1.29 is 9.90 Å². The Morgan fingerprint density at radius 2 is 2.21 bits per heavy atom. The molecule has 0 aromatic heterocycles. The van der Waals surface area contributed by atoms with Gasteiger partial charge in [-0.2, -0.15) is 0 Å². The second-order valence-electron chi connectivity index (χ2n) is 3.03. The molecule has 3 nitrogen and oxygen atoms in total. The van der Waals surface area contributed by atoms with Crippen LogP contribution >= 0.6 is 11.6 Å². The van der Waals surface area contributed by atoms with Crippen LogP contribution in [0.4, 0.5) is 0 Å². The summed E-state index contributed by atoms with van der Waals surface area (Å²) >= 11 is 5.90. The number of hydrogen-bond donors (Lipinski definition) is 2. The van der Waals surface area contributed by atoms with Crippen LogP contribution in [-0.2, 0) is 11.3 Å². The molecule has 0 aliphatic carbocycles. The van der Waals surface area contributed by atoms with E-state index in [-0.39, 0.29) is 0 Å². The van der Waals surface area contributed by atoms with E-state index in [9.17, 15) is 4.79 Å². The number of carboxylic acids is 1. The third-order valence-corrected chi connectivity index (χ3v) is 2.30. The van der Waals surface area contributed by atoms with E-state index in [2.05, 4.69) is 5.32 Å². The zero-order valence-electron chi connectivity index (χ0n) is 7.83. The third kappa shape index (κ3) is 3.01. The van der Waals surface area contributed by atoms with Crippen LogP contribution in [0.5, 0.6) is 0 Å². The van der Waals surface area contributed by atoms with Gasteiger partial charge in [0.15, 0.2) is 0 Å². The Labute approximate surface area is 87.7 Å². The fraction of sp³-hybridized carbons (Fsp3) is 0.300. The van der Waals surface area contributed by atoms with Crippen LogP contribution in [-0.4, -0.2) is 17.1 Å². The number of benzene rings is 1. The number of carboxylic acid groups (broad SMARTS) is 1. The zero-order chi connectivity index (χ0) is 10.6. The molecule has 0 aliphatic rings. The van der Waals surface area contributed by atoms with E-state index >= 15 is 0 Å². The molecular formula is C10H12ClNO2. The lowest BCUT2D eigenvalue weighted by atomic mass is 10.2. The van der Waals surface area contributed by atoms with Crippen molar-refractivity contribution in [2.45, 2.75) is 19.5 Å². The number of hydrogen-bond acceptors (Lipinski definition) is 2. The van der Waals surface area contributed by atoms with Crippen molar-refractivity contribution in [3.05, 3.63) is 34.9 Å². The Kier molecular flexibility index (Phi) is 3.92. The molecule has 0 fully saturated rings. The van der Waals surface area contributed by atoms with Gasteiger partial charge in [-0.3, -0.25) is 4.79 Å². The average Bonchev–Trinajstić information content (AvgIpc) is 2.16. The maximum absolute atomic E-state index is 10.5. The van der Waals surface area contributed by atoms with E-state index in [1.165, 1.54) is 0 Å². The Morgan fingerprint density at radius 1 is 1.57 bits per heavy atom. The highest BCUT2D eigenvalue weighted by molar-refractivity contribution is 6.31. The maximum Gasteiger partial charge on any atom is 0.320 e. The second kappa shape index (κ2) is 4.98. The summed E-state index contributed by atoms with van der Waals surface area (Å²) in [4.78, 5) is 10.5. The second-order valence-corrected chi connectivity index (χ2v) is 3.44. The number of carbonyl (C=O) groups is 1. The number of rotatable bonds is 4. The molecule has 0 aliphatic heterocycles. The molecule has 14 heavy (non-hydrogen) atoms. The summed E-state index contributed by atoms with van der Waals surface area (Å²) in [5.41, 5.74) is 0.905. The van der Waals surface area contributed by atoms with Crippen LogP contribution in [0.25, 0.3) is 0 Å². The van der Waals surface area contributed by atoms with Gasteiger partial charge >= 0.3 is 5.97 Å². The van der Waals surface area contributed by atoms with E-state index in [1.54, 1.807) is 13.0 Å². The van der Waals surface area contributed by atoms with Crippen LogP contribution in [0, 0.1) is 0 Å². The lowest BCUT2D eigenvalue weighted by molar-refractivity contribution is -0.139. The first-order valence-corrected chi connectivity index (χ1v) is 4.68. The van der Waals surface area contributed by atoms with Gasteiger partial charge in [0, 0.05) is 11.6 Å². The molecule has 0 radical (unpaired) electrons. The first kappa shape index (κ1) is 11.0. The van der Waals surface area contributed by atoms with E-state index in [4.69, 9.17) is 16.7 Å². The van der Waals surface area contributed by atoms with Crippen LogP contribution < -0.4 is 5.32 Å². The first-order valence-electron chi connectivity index (χ1n) is 4.31. The fourth-order valence-electron chi connectivity index (χ4n) is 0.992. The smallest absolute Gasteiger partial charge is 0.320 e. The highest BCUT2D eigenvalue weighted by Gasteiger charge is 2.09. The van der Waals surface area contributed by atoms with Crippen molar-refractivity contribution in [1.29, 1.82) is 0 Å². The van der Waals surface area contributed by atoms with Crippen molar-refractivity contribution in [3.8, 4) is 0 Å². The van der Waals surface area contributed by atoms with Gasteiger partial charge in [-0.05, 0) is 18.6 Å². The molecule has 76 valence electrons. The van der Waals surface area contributed by atoms with Gasteiger partial charge in [0.1, 0.15) is 6.04 Å². The van der Waals surface area contributed by atoms with Crippen molar-refractivity contribution >= 4 is 17.6 Å². The van der Waals surface area contributed by atoms with Gasteiger partial charge in [-0.1, -0.05) is 29.8 Å². The minimum Gasteiger partial charge on any atom is -0.480 e. The van der Waals surface area contributed by atoms with Crippen LogP contribution in [0.1, 0.15) is 12.5 Å². The summed E-state index contributed by atoms with van der Waals surface area (Å²) in [6.45, 7) is 2.06. The number of aliphatic carboxylic acids is 1. The number of halogens is 1. The average molecular weight is 214 g/mol. The summed E-state index contributed by atoms with van der Waals surface area (Å²) in [5.74, 6) is -0.864. The summed E-state index contributed by atoms with van der Waals surface area (Å²) in [7, 11) is 0. The largest absolute Gasteiger partial charge is 0.480 e. The summed E-state index contributed by atoms with van der Waals surface area (Å²) in [6, 6.07) is 6.79. The van der Waals surface area contributed by atoms with Crippen molar-refractivity contribution in [1.82, 2.24) is 5.32 Å². The summed E-state index contributed by atoms with van der Waals surface area (Å²) in [6.07, 6.45) is 0. The van der Waals surface area contributed by atoms with Gasteiger partial charge in [0.25, 0.3) is 0 Å². The van der Waals surface area contributed by atoms with E-state index < -0.39 is 12.0 Å². The third-order valence-electron chi connectivity index (χ3n) is 1.93. The molecule has 0 bridgehead atoms. The molecule has 0 saturated carbocycles. The Morgan fingerprint density at radius 3 is 2.79 bits per heavy atom. The molecule has 1 aromatic rings. The monoisotopic (exact) mass is 213 g/mol. The Balaban J connectivity index is 2.54. The fourth-order valence-corrected chi connectivity index (χ4v) is 1.19. The normalized spacial score (nSPS) is 12.4. The van der Waals surface area contributed by atoms with E-state index in [0.29, 0.717) is 11.6 Å². The van der Waals surface area contributed by atoms with E-state index in [0.717, 1.165) is 5.56 Å². The van der Waals surface area contributed by atoms with Crippen LogP contribution in [0.3, 0.4) is 0 Å². The highest BCUT2D eigenvalue weighted by atomic mass is 35.5. The highest BCUT2D eigenvalue weighted by Crippen LogP contribution is 2.14. The molecule has 4 heteroatoms. The first-order chi connectivity index (χ1) is 6.61. The summed E-state index contributed by atoms with van der Waals surface area (Å²) in [5, 5.41) is 12.1. The SMILES string of the molecule is C[C@H](NCc1ccccc1Cl)C(=O)O. The maximum atomic E-state index is 10.5. The molecular weight excluding hydrogens is 202 g/mol. The molecule has 2 N–H and O–H groups in total. The minimum atomic E-state index is -0.864. The van der Waals surface area contributed by atoms with E-state index in [1.807, 2.05) is 18.2 Å².